The molecule has 0 saturated carbocycles. The summed E-state index contributed by atoms with van der Waals surface area (Å²) in [6.45, 7) is 2.73. The van der Waals surface area contributed by atoms with Crippen molar-refractivity contribution >= 4 is 18.3 Å². The molecule has 1 amide bonds. The zero-order valence-electron chi connectivity index (χ0n) is 13.6. The van der Waals surface area contributed by atoms with Crippen LogP contribution in [-0.2, 0) is 4.79 Å². The SMILES string of the molecule is COc1cc(OC)cc(OCCNC(=O)C2CCNCC2)c1.Cl. The fourth-order valence-corrected chi connectivity index (χ4v) is 2.44. The van der Waals surface area contributed by atoms with Crippen molar-refractivity contribution in [2.45, 2.75) is 12.8 Å². The van der Waals surface area contributed by atoms with E-state index in [4.69, 9.17) is 14.2 Å². The van der Waals surface area contributed by atoms with Gasteiger partial charge < -0.3 is 24.8 Å². The number of amides is 1. The van der Waals surface area contributed by atoms with Gasteiger partial charge in [-0.05, 0) is 25.9 Å². The van der Waals surface area contributed by atoms with E-state index in [9.17, 15) is 4.79 Å². The molecule has 1 saturated heterocycles. The van der Waals surface area contributed by atoms with Crippen LogP contribution in [0.3, 0.4) is 0 Å². The lowest BCUT2D eigenvalue weighted by Crippen LogP contribution is -2.39. The van der Waals surface area contributed by atoms with Crippen LogP contribution in [0.5, 0.6) is 17.2 Å². The zero-order valence-corrected chi connectivity index (χ0v) is 14.4. The van der Waals surface area contributed by atoms with Crippen molar-refractivity contribution in [3.05, 3.63) is 18.2 Å². The highest BCUT2D eigenvalue weighted by molar-refractivity contribution is 5.85. The van der Waals surface area contributed by atoms with Gasteiger partial charge in [0.25, 0.3) is 0 Å². The van der Waals surface area contributed by atoms with Crippen molar-refractivity contribution in [2.24, 2.45) is 5.92 Å². The molecule has 130 valence electrons. The predicted molar refractivity (Wildman–Crippen MR) is 90.9 cm³/mol. The molecule has 6 nitrogen and oxygen atoms in total. The van der Waals surface area contributed by atoms with Gasteiger partial charge in [0.2, 0.25) is 5.91 Å². The third kappa shape index (κ3) is 6.15. The van der Waals surface area contributed by atoms with Crippen molar-refractivity contribution in [1.29, 1.82) is 0 Å². The molecule has 0 aromatic heterocycles. The smallest absolute Gasteiger partial charge is 0.223 e. The molecule has 0 bridgehead atoms. The summed E-state index contributed by atoms with van der Waals surface area (Å²) in [5, 5.41) is 6.18. The maximum Gasteiger partial charge on any atom is 0.223 e. The van der Waals surface area contributed by atoms with Crippen LogP contribution in [0.2, 0.25) is 0 Å². The number of hydrogen-bond donors (Lipinski definition) is 2. The number of piperidine rings is 1. The molecule has 0 spiro atoms. The van der Waals surface area contributed by atoms with E-state index >= 15 is 0 Å². The van der Waals surface area contributed by atoms with Crippen LogP contribution in [0.15, 0.2) is 18.2 Å². The Hall–Kier alpha value is -1.66. The van der Waals surface area contributed by atoms with Crippen molar-refractivity contribution < 1.29 is 19.0 Å². The minimum Gasteiger partial charge on any atom is -0.496 e. The fraction of sp³-hybridized carbons (Fsp3) is 0.562. The minimum absolute atomic E-state index is 0. The van der Waals surface area contributed by atoms with Crippen LogP contribution in [0.25, 0.3) is 0 Å². The van der Waals surface area contributed by atoms with Gasteiger partial charge in [-0.2, -0.15) is 0 Å². The first-order valence-electron chi connectivity index (χ1n) is 7.57. The number of carbonyl (C=O) groups excluding carboxylic acids is 1. The second kappa shape index (κ2) is 10.2. The maximum absolute atomic E-state index is 12.0. The molecule has 7 heteroatoms. The number of rotatable bonds is 7. The molecular weight excluding hydrogens is 320 g/mol. The second-order valence-corrected chi connectivity index (χ2v) is 5.21. The summed E-state index contributed by atoms with van der Waals surface area (Å²) in [6, 6.07) is 5.36. The van der Waals surface area contributed by atoms with E-state index in [1.807, 2.05) is 0 Å². The third-order valence-electron chi connectivity index (χ3n) is 3.70. The summed E-state index contributed by atoms with van der Waals surface area (Å²) >= 11 is 0. The molecule has 1 aromatic carbocycles. The molecule has 0 atom stereocenters. The molecule has 2 rings (SSSR count). The van der Waals surface area contributed by atoms with Gasteiger partial charge in [0, 0.05) is 24.1 Å². The van der Waals surface area contributed by atoms with E-state index in [-0.39, 0.29) is 24.2 Å². The molecule has 0 aliphatic carbocycles. The number of benzene rings is 1. The van der Waals surface area contributed by atoms with Crippen LogP contribution >= 0.6 is 12.4 Å². The van der Waals surface area contributed by atoms with Crippen molar-refractivity contribution in [1.82, 2.24) is 10.6 Å². The van der Waals surface area contributed by atoms with Gasteiger partial charge in [-0.25, -0.2) is 0 Å². The Morgan fingerprint density at radius 2 is 1.70 bits per heavy atom. The van der Waals surface area contributed by atoms with Crippen molar-refractivity contribution in [2.75, 3.05) is 40.5 Å². The summed E-state index contributed by atoms with van der Waals surface area (Å²) in [7, 11) is 3.19. The number of ether oxygens (including phenoxy) is 3. The first-order valence-corrected chi connectivity index (χ1v) is 7.57. The van der Waals surface area contributed by atoms with Gasteiger partial charge in [0.05, 0.1) is 20.8 Å². The largest absolute Gasteiger partial charge is 0.496 e. The summed E-state index contributed by atoms with van der Waals surface area (Å²) in [4.78, 5) is 12.0. The predicted octanol–water partition coefficient (Wildman–Crippen LogP) is 1.62. The van der Waals surface area contributed by atoms with Crippen molar-refractivity contribution in [3.63, 3.8) is 0 Å². The fourth-order valence-electron chi connectivity index (χ4n) is 2.44. The topological polar surface area (TPSA) is 68.8 Å². The van der Waals surface area contributed by atoms with E-state index < -0.39 is 0 Å². The monoisotopic (exact) mass is 344 g/mol. The second-order valence-electron chi connectivity index (χ2n) is 5.21. The van der Waals surface area contributed by atoms with Crippen LogP contribution in [0, 0.1) is 5.92 Å². The van der Waals surface area contributed by atoms with Crippen LogP contribution in [0.1, 0.15) is 12.8 Å². The quantitative estimate of drug-likeness (QED) is 0.736. The first-order chi connectivity index (χ1) is 10.7. The molecule has 1 heterocycles. The number of hydrogen-bond acceptors (Lipinski definition) is 5. The minimum atomic E-state index is 0. The Labute approximate surface area is 143 Å². The zero-order chi connectivity index (χ0) is 15.8. The van der Waals surface area contributed by atoms with Gasteiger partial charge >= 0.3 is 0 Å². The average Bonchev–Trinajstić information content (AvgIpc) is 2.58. The van der Waals surface area contributed by atoms with E-state index in [2.05, 4.69) is 10.6 Å². The Bertz CT molecular complexity index is 471. The lowest BCUT2D eigenvalue weighted by atomic mass is 9.97. The van der Waals surface area contributed by atoms with Crippen LogP contribution in [0.4, 0.5) is 0 Å². The summed E-state index contributed by atoms with van der Waals surface area (Å²) in [5.41, 5.74) is 0. The maximum atomic E-state index is 12.0. The molecule has 1 aliphatic rings. The summed E-state index contributed by atoms with van der Waals surface area (Å²) in [5.74, 6) is 2.25. The van der Waals surface area contributed by atoms with Gasteiger partial charge in [0.1, 0.15) is 23.9 Å². The lowest BCUT2D eigenvalue weighted by Gasteiger charge is -2.21. The van der Waals surface area contributed by atoms with Gasteiger partial charge in [-0.1, -0.05) is 0 Å². The van der Waals surface area contributed by atoms with Gasteiger partial charge in [0.15, 0.2) is 0 Å². The molecule has 0 radical (unpaired) electrons. The Morgan fingerprint density at radius 3 is 2.26 bits per heavy atom. The first kappa shape index (κ1) is 19.4. The molecule has 0 unspecified atom stereocenters. The third-order valence-corrected chi connectivity index (χ3v) is 3.70. The molecule has 1 aromatic rings. The van der Waals surface area contributed by atoms with Gasteiger partial charge in [-0.15, -0.1) is 12.4 Å². The molecule has 2 N–H and O–H groups in total. The Morgan fingerprint density at radius 1 is 1.13 bits per heavy atom. The van der Waals surface area contributed by atoms with Crippen LogP contribution in [-0.4, -0.2) is 46.4 Å². The average molecular weight is 345 g/mol. The van der Waals surface area contributed by atoms with E-state index in [1.165, 1.54) is 0 Å². The molecule has 23 heavy (non-hydrogen) atoms. The van der Waals surface area contributed by atoms with Gasteiger partial charge in [-0.3, -0.25) is 4.79 Å². The number of halogens is 1. The molecule has 1 fully saturated rings. The number of methoxy groups -OCH3 is 2. The van der Waals surface area contributed by atoms with E-state index in [1.54, 1.807) is 32.4 Å². The van der Waals surface area contributed by atoms with Crippen LogP contribution < -0.4 is 24.8 Å². The van der Waals surface area contributed by atoms with Crippen molar-refractivity contribution in [3.8, 4) is 17.2 Å². The summed E-state index contributed by atoms with van der Waals surface area (Å²) in [6.07, 6.45) is 1.81. The Kier molecular flexibility index (Phi) is 8.58. The standard InChI is InChI=1S/C16H24N2O4.ClH/c1-20-13-9-14(21-2)11-15(10-13)22-8-7-18-16(19)12-3-5-17-6-4-12;/h9-12,17H,3-8H2,1-2H3,(H,18,19);1H. The summed E-state index contributed by atoms with van der Waals surface area (Å²) < 4.78 is 16.0. The highest BCUT2D eigenvalue weighted by Crippen LogP contribution is 2.27. The lowest BCUT2D eigenvalue weighted by molar-refractivity contribution is -0.125. The van der Waals surface area contributed by atoms with E-state index in [0.29, 0.717) is 30.4 Å². The normalized spacial score (nSPS) is 14.5. The van der Waals surface area contributed by atoms with E-state index in [0.717, 1.165) is 25.9 Å². The Balaban J connectivity index is 0.00000264. The number of nitrogens with one attached hydrogen (secondary N) is 2. The molecular formula is C16H25ClN2O4. The highest BCUT2D eigenvalue weighted by atomic mass is 35.5. The highest BCUT2D eigenvalue weighted by Gasteiger charge is 2.20. The molecule has 1 aliphatic heterocycles. The number of carbonyl (C=O) groups is 1.